The van der Waals surface area contributed by atoms with Crippen LogP contribution in [0.3, 0.4) is 0 Å². The van der Waals surface area contributed by atoms with Gasteiger partial charge in [0, 0.05) is 5.69 Å². The molecule has 1 aliphatic rings. The Kier molecular flexibility index (Phi) is 3.46. The smallest absolute Gasteiger partial charge is 0.411 e. The van der Waals surface area contributed by atoms with E-state index in [0.29, 0.717) is 30.0 Å². The van der Waals surface area contributed by atoms with Gasteiger partial charge in [-0.15, -0.1) is 0 Å². The first-order valence-corrected chi connectivity index (χ1v) is 6.21. The molecule has 0 unspecified atom stereocenters. The first kappa shape index (κ1) is 13.4. The summed E-state index contributed by atoms with van der Waals surface area (Å²) < 4.78 is 10.5. The van der Waals surface area contributed by atoms with Gasteiger partial charge in [0.25, 0.3) is 0 Å². The molecule has 1 aromatic rings. The van der Waals surface area contributed by atoms with Crippen LogP contribution in [0.5, 0.6) is 5.75 Å². The lowest BCUT2D eigenvalue weighted by molar-refractivity contribution is 0.0620. The fraction of sp³-hybridized carbons (Fsp3) is 0.429. The Bertz CT molecular complexity index is 522. The van der Waals surface area contributed by atoms with E-state index in [1.165, 1.54) is 0 Å². The minimum atomic E-state index is -0.535. The average molecular weight is 263 g/mol. The maximum absolute atomic E-state index is 12.0. The summed E-state index contributed by atoms with van der Waals surface area (Å²) in [6, 6.07) is 4.99. The lowest BCUT2D eigenvalue weighted by Gasteiger charge is -2.31. The fourth-order valence-electron chi connectivity index (χ4n) is 2.02. The summed E-state index contributed by atoms with van der Waals surface area (Å²) in [6.07, 6.45) is -0.213. The van der Waals surface area contributed by atoms with Crippen LogP contribution in [0.4, 0.5) is 10.5 Å². The van der Waals surface area contributed by atoms with Crippen LogP contribution in [-0.2, 0) is 4.74 Å². The van der Waals surface area contributed by atoms with Crippen molar-refractivity contribution >= 4 is 17.6 Å². The van der Waals surface area contributed by atoms with Crippen molar-refractivity contribution in [2.45, 2.75) is 32.8 Å². The van der Waals surface area contributed by atoms with Crippen LogP contribution in [0.15, 0.2) is 18.2 Å². The number of Topliss-reactive ketones (excluding diaryl/α,β-unsaturated/α-hetero) is 1. The van der Waals surface area contributed by atoms with Crippen LogP contribution >= 0.6 is 0 Å². The van der Waals surface area contributed by atoms with Crippen molar-refractivity contribution in [2.24, 2.45) is 0 Å². The number of amides is 1. The minimum Gasteiger partial charge on any atom is -0.487 e. The summed E-state index contributed by atoms with van der Waals surface area (Å²) in [7, 11) is 0. The van der Waals surface area contributed by atoms with Gasteiger partial charge in [-0.1, -0.05) is 0 Å². The summed E-state index contributed by atoms with van der Waals surface area (Å²) in [5, 5.41) is 2.57. The molecule has 0 saturated carbocycles. The molecule has 0 aromatic heterocycles. The maximum atomic E-state index is 12.0. The molecule has 0 saturated heterocycles. The third-order valence-corrected chi connectivity index (χ3v) is 2.77. The summed E-state index contributed by atoms with van der Waals surface area (Å²) in [5.41, 5.74) is 0.530. The Morgan fingerprint density at radius 3 is 2.89 bits per heavy atom. The van der Waals surface area contributed by atoms with E-state index >= 15 is 0 Å². The zero-order valence-electron chi connectivity index (χ0n) is 11.3. The van der Waals surface area contributed by atoms with Crippen molar-refractivity contribution in [3.05, 3.63) is 23.8 Å². The van der Waals surface area contributed by atoms with Gasteiger partial charge >= 0.3 is 6.09 Å². The molecule has 0 bridgehead atoms. The van der Waals surface area contributed by atoms with Crippen LogP contribution in [0.2, 0.25) is 0 Å². The maximum Gasteiger partial charge on any atom is 0.411 e. The highest BCUT2D eigenvalue weighted by atomic mass is 16.5. The van der Waals surface area contributed by atoms with Gasteiger partial charge in [0.05, 0.1) is 18.6 Å². The Balaban J connectivity index is 2.22. The predicted molar refractivity (Wildman–Crippen MR) is 70.7 cm³/mol. The highest BCUT2D eigenvalue weighted by Crippen LogP contribution is 2.34. The van der Waals surface area contributed by atoms with Crippen LogP contribution in [-0.4, -0.2) is 24.1 Å². The summed E-state index contributed by atoms with van der Waals surface area (Å²) in [4.78, 5) is 23.4. The molecule has 0 radical (unpaired) electrons. The number of nitrogens with one attached hydrogen (secondary N) is 1. The fourth-order valence-corrected chi connectivity index (χ4v) is 2.02. The van der Waals surface area contributed by atoms with E-state index in [-0.39, 0.29) is 5.78 Å². The monoisotopic (exact) mass is 263 g/mol. The number of benzene rings is 1. The zero-order chi connectivity index (χ0) is 14.0. The van der Waals surface area contributed by atoms with Crippen LogP contribution in [0, 0.1) is 0 Å². The SMILES string of the molecule is CCOC(=O)Nc1ccc2c(c1)C(=O)CC(C)(C)O2. The molecule has 0 atom stereocenters. The van der Waals surface area contributed by atoms with E-state index in [0.717, 1.165) is 0 Å². The second-order valence-electron chi connectivity index (χ2n) is 5.02. The topological polar surface area (TPSA) is 64.6 Å². The lowest BCUT2D eigenvalue weighted by Crippen LogP contribution is -2.35. The van der Waals surface area contributed by atoms with E-state index < -0.39 is 11.7 Å². The van der Waals surface area contributed by atoms with Gasteiger partial charge in [-0.2, -0.15) is 0 Å². The van der Waals surface area contributed by atoms with E-state index in [9.17, 15) is 9.59 Å². The van der Waals surface area contributed by atoms with Gasteiger partial charge in [-0.05, 0) is 39.0 Å². The van der Waals surface area contributed by atoms with Crippen LogP contribution in [0.25, 0.3) is 0 Å². The molecular weight excluding hydrogens is 246 g/mol. The molecule has 0 spiro atoms. The first-order chi connectivity index (χ1) is 8.91. The standard InChI is InChI=1S/C14H17NO4/c1-4-18-13(17)15-9-5-6-12-10(7-9)11(16)8-14(2,3)19-12/h5-7H,4,8H2,1-3H3,(H,15,17). The van der Waals surface area contributed by atoms with Gasteiger partial charge in [0.1, 0.15) is 11.4 Å². The third kappa shape index (κ3) is 3.05. The normalized spacial score (nSPS) is 16.3. The molecule has 2 rings (SSSR count). The molecule has 102 valence electrons. The molecule has 5 heteroatoms. The van der Waals surface area contributed by atoms with E-state index in [2.05, 4.69) is 5.32 Å². The number of rotatable bonds is 2. The Hall–Kier alpha value is -2.04. The molecule has 1 amide bonds. The van der Waals surface area contributed by atoms with Gasteiger partial charge < -0.3 is 9.47 Å². The molecule has 1 N–H and O–H groups in total. The highest BCUT2D eigenvalue weighted by molar-refractivity contribution is 6.01. The van der Waals surface area contributed by atoms with Gasteiger partial charge in [0.15, 0.2) is 5.78 Å². The highest BCUT2D eigenvalue weighted by Gasteiger charge is 2.32. The quantitative estimate of drug-likeness (QED) is 0.890. The van der Waals surface area contributed by atoms with Gasteiger partial charge in [-0.3, -0.25) is 10.1 Å². The van der Waals surface area contributed by atoms with Gasteiger partial charge in [0.2, 0.25) is 0 Å². The number of hydrogen-bond acceptors (Lipinski definition) is 4. The summed E-state index contributed by atoms with van der Waals surface area (Å²) in [6.45, 7) is 5.77. The molecule has 1 heterocycles. The average Bonchev–Trinajstić information content (AvgIpc) is 2.29. The molecule has 1 aromatic carbocycles. The number of hydrogen-bond donors (Lipinski definition) is 1. The Morgan fingerprint density at radius 2 is 2.21 bits per heavy atom. The number of carbonyl (C=O) groups is 2. The van der Waals surface area contributed by atoms with Gasteiger partial charge in [-0.25, -0.2) is 4.79 Å². The largest absolute Gasteiger partial charge is 0.487 e. The minimum absolute atomic E-state index is 0.0127. The molecule has 19 heavy (non-hydrogen) atoms. The molecule has 0 fully saturated rings. The number of fused-ring (bicyclic) bond motifs is 1. The molecular formula is C14H17NO4. The van der Waals surface area contributed by atoms with Crippen molar-refractivity contribution in [3.8, 4) is 5.75 Å². The van der Waals surface area contributed by atoms with Crippen molar-refractivity contribution in [3.63, 3.8) is 0 Å². The summed E-state index contributed by atoms with van der Waals surface area (Å²) >= 11 is 0. The first-order valence-electron chi connectivity index (χ1n) is 6.21. The van der Waals surface area contributed by atoms with Crippen molar-refractivity contribution in [1.29, 1.82) is 0 Å². The predicted octanol–water partition coefficient (Wildman–Crippen LogP) is 3.00. The Morgan fingerprint density at radius 1 is 1.47 bits per heavy atom. The number of carbonyl (C=O) groups excluding carboxylic acids is 2. The molecule has 0 aliphatic carbocycles. The molecule has 1 aliphatic heterocycles. The molecule has 5 nitrogen and oxygen atoms in total. The summed E-state index contributed by atoms with van der Waals surface area (Å²) in [5.74, 6) is 0.564. The van der Waals surface area contributed by atoms with Crippen molar-refractivity contribution in [2.75, 3.05) is 11.9 Å². The number of ether oxygens (including phenoxy) is 2. The number of ketones is 1. The zero-order valence-corrected chi connectivity index (χ0v) is 11.3. The number of anilines is 1. The Labute approximate surface area is 111 Å². The van der Waals surface area contributed by atoms with E-state index in [1.54, 1.807) is 25.1 Å². The van der Waals surface area contributed by atoms with Crippen molar-refractivity contribution < 1.29 is 19.1 Å². The van der Waals surface area contributed by atoms with E-state index in [1.807, 2.05) is 13.8 Å². The second kappa shape index (κ2) is 4.91. The van der Waals surface area contributed by atoms with Crippen LogP contribution < -0.4 is 10.1 Å². The van der Waals surface area contributed by atoms with E-state index in [4.69, 9.17) is 9.47 Å². The third-order valence-electron chi connectivity index (χ3n) is 2.77. The second-order valence-corrected chi connectivity index (χ2v) is 5.02. The van der Waals surface area contributed by atoms with Crippen molar-refractivity contribution in [1.82, 2.24) is 0 Å². The van der Waals surface area contributed by atoms with Crippen LogP contribution in [0.1, 0.15) is 37.6 Å². The lowest BCUT2D eigenvalue weighted by atomic mass is 9.93.